The third-order valence-electron chi connectivity index (χ3n) is 8.17. The Morgan fingerprint density at radius 3 is 2.61 bits per heavy atom. The van der Waals surface area contributed by atoms with Crippen molar-refractivity contribution in [3.05, 3.63) is 42.5 Å². The number of likely N-dealkylation sites (tertiary alicyclic amines) is 1. The Labute approximate surface area is 211 Å². The van der Waals surface area contributed by atoms with E-state index in [1.165, 1.54) is 4.90 Å². The van der Waals surface area contributed by atoms with E-state index in [-0.39, 0.29) is 36.4 Å². The SMILES string of the molecule is CCCNC(=O)[C@@H]1[C@@H]2CCC3(O2)C(C(=O)Nc2ccc4ccccc4c2)N([C@@H](CO)C(C)C)C(=O)[C@H]13. The Morgan fingerprint density at radius 1 is 1.17 bits per heavy atom. The van der Waals surface area contributed by atoms with E-state index >= 15 is 0 Å². The molecule has 0 aliphatic carbocycles. The van der Waals surface area contributed by atoms with Gasteiger partial charge in [-0.25, -0.2) is 0 Å². The average molecular weight is 494 g/mol. The zero-order valence-corrected chi connectivity index (χ0v) is 21.1. The molecule has 5 rings (SSSR count). The van der Waals surface area contributed by atoms with Crippen LogP contribution in [0.2, 0.25) is 0 Å². The highest BCUT2D eigenvalue weighted by Gasteiger charge is 2.75. The molecule has 8 nitrogen and oxygen atoms in total. The quantitative estimate of drug-likeness (QED) is 0.524. The van der Waals surface area contributed by atoms with E-state index in [0.29, 0.717) is 25.1 Å². The van der Waals surface area contributed by atoms with Crippen molar-refractivity contribution in [3.8, 4) is 0 Å². The van der Waals surface area contributed by atoms with Crippen molar-refractivity contribution in [2.75, 3.05) is 18.5 Å². The predicted octanol–water partition coefficient (Wildman–Crippen LogP) is 2.70. The van der Waals surface area contributed by atoms with Gasteiger partial charge in [-0.2, -0.15) is 0 Å². The van der Waals surface area contributed by atoms with Crippen LogP contribution in [-0.2, 0) is 19.1 Å². The molecule has 36 heavy (non-hydrogen) atoms. The maximum atomic E-state index is 14.0. The molecular weight excluding hydrogens is 458 g/mol. The van der Waals surface area contributed by atoms with Crippen LogP contribution in [-0.4, -0.2) is 64.7 Å². The summed E-state index contributed by atoms with van der Waals surface area (Å²) in [7, 11) is 0. The maximum absolute atomic E-state index is 14.0. The molecule has 2 unspecified atom stereocenters. The van der Waals surface area contributed by atoms with E-state index in [0.717, 1.165) is 17.2 Å². The lowest BCUT2D eigenvalue weighted by molar-refractivity contribution is -0.145. The molecule has 3 N–H and O–H groups in total. The smallest absolute Gasteiger partial charge is 0.250 e. The minimum atomic E-state index is -1.08. The van der Waals surface area contributed by atoms with Gasteiger partial charge in [0.25, 0.3) is 0 Å². The highest BCUT2D eigenvalue weighted by molar-refractivity contribution is 6.04. The first kappa shape index (κ1) is 24.7. The van der Waals surface area contributed by atoms with Crippen LogP contribution in [0.25, 0.3) is 10.8 Å². The number of rotatable bonds is 8. The van der Waals surface area contributed by atoms with Gasteiger partial charge in [0, 0.05) is 12.2 Å². The standard InChI is InChI=1S/C28H35N3O5/c1-4-13-29-25(33)22-21-11-12-28(36-21)23(22)27(35)31(20(15-32)16(2)3)24(28)26(34)30-19-10-9-17-7-5-6-8-18(17)14-19/h5-10,14,16,20-24,32H,4,11-13,15H2,1-3H3,(H,29,33)(H,30,34)/t20-,21-,22+,23-,24?,28?/m0/s1. The van der Waals surface area contributed by atoms with Crippen molar-refractivity contribution in [2.24, 2.45) is 17.8 Å². The highest BCUT2D eigenvalue weighted by Crippen LogP contribution is 2.59. The number of hydrogen-bond donors (Lipinski definition) is 3. The van der Waals surface area contributed by atoms with Gasteiger partial charge in [-0.1, -0.05) is 51.1 Å². The second kappa shape index (κ2) is 9.48. The Kier molecular flexibility index (Phi) is 6.51. The number of benzene rings is 2. The summed E-state index contributed by atoms with van der Waals surface area (Å²) in [5.41, 5.74) is -0.458. The van der Waals surface area contributed by atoms with Crippen molar-refractivity contribution in [1.29, 1.82) is 0 Å². The number of ether oxygens (including phenoxy) is 1. The monoisotopic (exact) mass is 493 g/mol. The maximum Gasteiger partial charge on any atom is 0.250 e. The molecule has 3 aliphatic rings. The van der Waals surface area contributed by atoms with Crippen LogP contribution in [0.3, 0.4) is 0 Å². The van der Waals surface area contributed by atoms with Crippen molar-refractivity contribution in [1.82, 2.24) is 10.2 Å². The molecule has 8 heteroatoms. The minimum absolute atomic E-state index is 0.0882. The largest absolute Gasteiger partial charge is 0.394 e. The molecule has 2 aromatic rings. The Bertz CT molecular complexity index is 1180. The van der Waals surface area contributed by atoms with Crippen LogP contribution in [0.15, 0.2) is 42.5 Å². The molecule has 3 amide bonds. The summed E-state index contributed by atoms with van der Waals surface area (Å²) in [5.74, 6) is -2.29. The molecule has 192 valence electrons. The number of nitrogens with zero attached hydrogens (tertiary/aromatic N) is 1. The molecule has 0 radical (unpaired) electrons. The van der Waals surface area contributed by atoms with Crippen LogP contribution in [0.1, 0.15) is 40.0 Å². The van der Waals surface area contributed by atoms with E-state index in [9.17, 15) is 19.5 Å². The third-order valence-corrected chi connectivity index (χ3v) is 8.17. The van der Waals surface area contributed by atoms with E-state index in [4.69, 9.17) is 4.74 Å². The van der Waals surface area contributed by atoms with Gasteiger partial charge in [0.05, 0.1) is 30.6 Å². The van der Waals surface area contributed by atoms with Gasteiger partial charge in [-0.15, -0.1) is 0 Å². The zero-order valence-electron chi connectivity index (χ0n) is 21.1. The van der Waals surface area contributed by atoms with Crippen LogP contribution in [0.4, 0.5) is 5.69 Å². The van der Waals surface area contributed by atoms with E-state index in [2.05, 4.69) is 10.6 Å². The van der Waals surface area contributed by atoms with Crippen LogP contribution in [0.5, 0.6) is 0 Å². The van der Waals surface area contributed by atoms with Crippen LogP contribution >= 0.6 is 0 Å². The summed E-state index contributed by atoms with van der Waals surface area (Å²) in [5, 5.41) is 18.3. The molecule has 3 saturated heterocycles. The van der Waals surface area contributed by atoms with Gasteiger partial charge in [0.15, 0.2) is 0 Å². The van der Waals surface area contributed by atoms with E-state index < -0.39 is 29.5 Å². The first-order valence-electron chi connectivity index (χ1n) is 13.0. The molecule has 0 aromatic heterocycles. The third kappa shape index (κ3) is 3.78. The molecule has 3 fully saturated rings. The van der Waals surface area contributed by atoms with Gasteiger partial charge < -0.3 is 25.4 Å². The van der Waals surface area contributed by atoms with Crippen LogP contribution in [0, 0.1) is 17.8 Å². The van der Waals surface area contributed by atoms with Gasteiger partial charge in [0.1, 0.15) is 11.6 Å². The first-order chi connectivity index (χ1) is 17.3. The number of aliphatic hydroxyl groups excluding tert-OH is 1. The van der Waals surface area contributed by atoms with Gasteiger partial charge in [-0.3, -0.25) is 14.4 Å². The summed E-state index contributed by atoms with van der Waals surface area (Å²) in [6.45, 7) is 6.06. The summed E-state index contributed by atoms with van der Waals surface area (Å²) >= 11 is 0. The molecule has 2 bridgehead atoms. The number of nitrogens with one attached hydrogen (secondary N) is 2. The lowest BCUT2D eigenvalue weighted by Crippen LogP contribution is -2.57. The number of aliphatic hydroxyl groups is 1. The van der Waals surface area contributed by atoms with E-state index in [1.54, 1.807) is 0 Å². The average Bonchev–Trinajstić information content (AvgIpc) is 3.50. The number of hydrogen-bond acceptors (Lipinski definition) is 5. The second-order valence-electron chi connectivity index (χ2n) is 10.6. The molecule has 6 atom stereocenters. The number of fused-ring (bicyclic) bond motifs is 2. The lowest BCUT2D eigenvalue weighted by Gasteiger charge is -2.38. The number of carbonyl (C=O) groups excluding carboxylic acids is 3. The molecule has 2 aromatic carbocycles. The lowest BCUT2D eigenvalue weighted by atomic mass is 9.70. The molecule has 3 aliphatic heterocycles. The number of carbonyl (C=O) groups is 3. The fourth-order valence-electron chi connectivity index (χ4n) is 6.51. The van der Waals surface area contributed by atoms with Gasteiger partial charge in [0.2, 0.25) is 17.7 Å². The highest BCUT2D eigenvalue weighted by atomic mass is 16.5. The predicted molar refractivity (Wildman–Crippen MR) is 136 cm³/mol. The summed E-state index contributed by atoms with van der Waals surface area (Å²) in [6.07, 6.45) is 1.54. The number of anilines is 1. The Balaban J connectivity index is 1.52. The van der Waals surface area contributed by atoms with Crippen molar-refractivity contribution in [2.45, 2.75) is 63.8 Å². The van der Waals surface area contributed by atoms with Gasteiger partial charge >= 0.3 is 0 Å². The summed E-state index contributed by atoms with van der Waals surface area (Å²) in [4.78, 5) is 42.6. The fourth-order valence-corrected chi connectivity index (χ4v) is 6.51. The minimum Gasteiger partial charge on any atom is -0.394 e. The molecule has 3 heterocycles. The summed E-state index contributed by atoms with van der Waals surface area (Å²) < 4.78 is 6.45. The molecule has 1 spiro atoms. The van der Waals surface area contributed by atoms with E-state index in [1.807, 2.05) is 63.2 Å². The van der Waals surface area contributed by atoms with Crippen molar-refractivity contribution in [3.63, 3.8) is 0 Å². The Morgan fingerprint density at radius 2 is 1.92 bits per heavy atom. The fraction of sp³-hybridized carbons (Fsp3) is 0.536. The topological polar surface area (TPSA) is 108 Å². The Hall–Kier alpha value is -2.97. The van der Waals surface area contributed by atoms with Crippen LogP contribution < -0.4 is 10.6 Å². The first-order valence-corrected chi connectivity index (χ1v) is 13.0. The normalized spacial score (nSPS) is 29.6. The summed E-state index contributed by atoms with van der Waals surface area (Å²) in [6, 6.07) is 12.1. The van der Waals surface area contributed by atoms with Crippen molar-refractivity contribution < 1.29 is 24.2 Å². The number of amides is 3. The van der Waals surface area contributed by atoms with Crippen molar-refractivity contribution >= 4 is 34.2 Å². The second-order valence-corrected chi connectivity index (χ2v) is 10.6. The zero-order chi connectivity index (χ0) is 25.6. The molecular formula is C28H35N3O5. The van der Waals surface area contributed by atoms with Gasteiger partial charge in [-0.05, 0) is 48.1 Å². The molecule has 0 saturated carbocycles.